The molecule has 0 amide bonds. The van der Waals surface area contributed by atoms with Gasteiger partial charge in [0.15, 0.2) is 0 Å². The zero-order valence-corrected chi connectivity index (χ0v) is 12.8. The number of anilines is 1. The van der Waals surface area contributed by atoms with E-state index in [1.54, 1.807) is 0 Å². The second-order valence-electron chi connectivity index (χ2n) is 4.32. The number of rotatable bonds is 8. The molecule has 0 spiro atoms. The summed E-state index contributed by atoms with van der Waals surface area (Å²) in [5, 5.41) is 4.16. The molecular formula is C14H21BrClN. The van der Waals surface area contributed by atoms with Gasteiger partial charge in [0.1, 0.15) is 0 Å². The molecule has 0 unspecified atom stereocenters. The van der Waals surface area contributed by atoms with Gasteiger partial charge < -0.3 is 5.32 Å². The van der Waals surface area contributed by atoms with E-state index in [-0.39, 0.29) is 0 Å². The molecule has 0 aliphatic rings. The molecule has 1 rings (SSSR count). The van der Waals surface area contributed by atoms with E-state index >= 15 is 0 Å². The van der Waals surface area contributed by atoms with Gasteiger partial charge in [0, 0.05) is 11.0 Å². The van der Waals surface area contributed by atoms with Gasteiger partial charge in [-0.25, -0.2) is 0 Å². The summed E-state index contributed by atoms with van der Waals surface area (Å²) in [5.41, 5.74) is 1.03. The number of unbranched alkanes of at least 4 members (excludes halogenated alkanes) is 5. The van der Waals surface area contributed by atoms with Crippen LogP contribution in [-0.2, 0) is 0 Å². The topological polar surface area (TPSA) is 12.0 Å². The number of nitrogens with one attached hydrogen (secondary N) is 1. The maximum Gasteiger partial charge on any atom is 0.0648 e. The Kier molecular flexibility index (Phi) is 7.70. The molecule has 0 fully saturated rings. The smallest absolute Gasteiger partial charge is 0.0648 e. The first-order chi connectivity index (χ1) is 8.24. The molecule has 96 valence electrons. The summed E-state index contributed by atoms with van der Waals surface area (Å²) in [6.45, 7) is 3.25. The highest BCUT2D eigenvalue weighted by Gasteiger charge is 1.99. The lowest BCUT2D eigenvalue weighted by Gasteiger charge is -2.08. The zero-order chi connectivity index (χ0) is 12.5. The molecule has 0 aromatic heterocycles. The molecule has 0 saturated carbocycles. The van der Waals surface area contributed by atoms with Crippen molar-refractivity contribution in [3.05, 3.63) is 27.7 Å². The molecular weight excluding hydrogens is 298 g/mol. The molecule has 0 heterocycles. The van der Waals surface area contributed by atoms with Crippen LogP contribution in [-0.4, -0.2) is 6.54 Å². The fourth-order valence-electron chi connectivity index (χ4n) is 1.76. The predicted molar refractivity (Wildman–Crippen MR) is 81.0 cm³/mol. The van der Waals surface area contributed by atoms with Gasteiger partial charge in [0.2, 0.25) is 0 Å². The SMILES string of the molecule is CCCCCCCCNc1ccc(Br)cc1Cl. The molecule has 0 aliphatic carbocycles. The highest BCUT2D eigenvalue weighted by molar-refractivity contribution is 9.10. The van der Waals surface area contributed by atoms with Crippen molar-refractivity contribution in [3.8, 4) is 0 Å². The highest BCUT2D eigenvalue weighted by Crippen LogP contribution is 2.25. The van der Waals surface area contributed by atoms with Crippen molar-refractivity contribution in [1.29, 1.82) is 0 Å². The van der Waals surface area contributed by atoms with Gasteiger partial charge in [-0.15, -0.1) is 0 Å². The van der Waals surface area contributed by atoms with Gasteiger partial charge in [-0.3, -0.25) is 0 Å². The first-order valence-electron chi connectivity index (χ1n) is 6.43. The molecule has 3 heteroatoms. The van der Waals surface area contributed by atoms with Crippen LogP contribution in [0, 0.1) is 0 Å². The number of benzene rings is 1. The average molecular weight is 319 g/mol. The van der Waals surface area contributed by atoms with Crippen LogP contribution in [0.4, 0.5) is 5.69 Å². The fraction of sp³-hybridized carbons (Fsp3) is 0.571. The summed E-state index contributed by atoms with van der Waals surface area (Å²) in [6, 6.07) is 5.95. The molecule has 1 N–H and O–H groups in total. The third kappa shape index (κ3) is 6.32. The molecule has 0 aliphatic heterocycles. The highest BCUT2D eigenvalue weighted by atomic mass is 79.9. The van der Waals surface area contributed by atoms with E-state index in [1.807, 2.05) is 18.2 Å². The molecule has 1 aromatic carbocycles. The van der Waals surface area contributed by atoms with Gasteiger partial charge in [-0.2, -0.15) is 0 Å². The summed E-state index contributed by atoms with van der Waals surface area (Å²) in [5.74, 6) is 0. The van der Waals surface area contributed by atoms with Crippen molar-refractivity contribution >= 4 is 33.2 Å². The number of halogens is 2. The van der Waals surface area contributed by atoms with Crippen molar-refractivity contribution in [2.75, 3.05) is 11.9 Å². The number of hydrogen-bond acceptors (Lipinski definition) is 1. The largest absolute Gasteiger partial charge is 0.384 e. The van der Waals surface area contributed by atoms with Gasteiger partial charge in [0.25, 0.3) is 0 Å². The average Bonchev–Trinajstić information content (AvgIpc) is 2.30. The first kappa shape index (κ1) is 14.8. The summed E-state index contributed by atoms with van der Waals surface area (Å²) in [6.07, 6.45) is 7.93. The summed E-state index contributed by atoms with van der Waals surface area (Å²) >= 11 is 9.52. The Morgan fingerprint density at radius 1 is 1.12 bits per heavy atom. The molecule has 1 aromatic rings. The molecule has 17 heavy (non-hydrogen) atoms. The van der Waals surface area contributed by atoms with E-state index in [2.05, 4.69) is 28.2 Å². The Hall–Kier alpha value is -0.210. The molecule has 0 radical (unpaired) electrons. The van der Waals surface area contributed by atoms with Crippen molar-refractivity contribution < 1.29 is 0 Å². The van der Waals surface area contributed by atoms with Crippen LogP contribution in [0.1, 0.15) is 45.4 Å². The van der Waals surface area contributed by atoms with Crippen LogP contribution in [0.3, 0.4) is 0 Å². The molecule has 0 atom stereocenters. The van der Waals surface area contributed by atoms with Crippen LogP contribution in [0.25, 0.3) is 0 Å². The van der Waals surface area contributed by atoms with Crippen molar-refractivity contribution in [2.45, 2.75) is 45.4 Å². The minimum Gasteiger partial charge on any atom is -0.384 e. The predicted octanol–water partition coefficient (Wildman–Crippen LogP) is 5.87. The maximum absolute atomic E-state index is 6.12. The lowest BCUT2D eigenvalue weighted by molar-refractivity contribution is 0.617. The third-order valence-electron chi connectivity index (χ3n) is 2.78. The van der Waals surface area contributed by atoms with E-state index in [0.29, 0.717) is 0 Å². The molecule has 0 saturated heterocycles. The normalized spacial score (nSPS) is 10.5. The number of hydrogen-bond donors (Lipinski definition) is 1. The molecule has 0 bridgehead atoms. The van der Waals surface area contributed by atoms with Crippen molar-refractivity contribution in [3.63, 3.8) is 0 Å². The van der Waals surface area contributed by atoms with E-state index in [9.17, 15) is 0 Å². The van der Waals surface area contributed by atoms with Crippen LogP contribution in [0.2, 0.25) is 5.02 Å². The van der Waals surface area contributed by atoms with Crippen molar-refractivity contribution in [2.24, 2.45) is 0 Å². The zero-order valence-electron chi connectivity index (χ0n) is 10.4. The van der Waals surface area contributed by atoms with Crippen LogP contribution < -0.4 is 5.32 Å². The van der Waals surface area contributed by atoms with E-state index in [4.69, 9.17) is 11.6 Å². The summed E-state index contributed by atoms with van der Waals surface area (Å²) in [7, 11) is 0. The Balaban J connectivity index is 2.14. The standard InChI is InChI=1S/C14H21BrClN/c1-2-3-4-5-6-7-10-17-14-9-8-12(15)11-13(14)16/h8-9,11,17H,2-7,10H2,1H3. The Morgan fingerprint density at radius 2 is 1.82 bits per heavy atom. The van der Waals surface area contributed by atoms with Crippen LogP contribution in [0.15, 0.2) is 22.7 Å². The minimum absolute atomic E-state index is 0.783. The molecule has 1 nitrogen and oxygen atoms in total. The second kappa shape index (κ2) is 8.82. The van der Waals surface area contributed by atoms with E-state index in [1.165, 1.54) is 38.5 Å². The lowest BCUT2D eigenvalue weighted by atomic mass is 10.1. The quantitative estimate of drug-likeness (QED) is 0.591. The monoisotopic (exact) mass is 317 g/mol. The minimum atomic E-state index is 0.783. The Bertz CT molecular complexity index is 328. The Labute approximate surface area is 118 Å². The van der Waals surface area contributed by atoms with Gasteiger partial charge in [0.05, 0.1) is 10.7 Å². The second-order valence-corrected chi connectivity index (χ2v) is 5.64. The van der Waals surface area contributed by atoms with Gasteiger partial charge >= 0.3 is 0 Å². The summed E-state index contributed by atoms with van der Waals surface area (Å²) in [4.78, 5) is 0. The van der Waals surface area contributed by atoms with Crippen LogP contribution in [0.5, 0.6) is 0 Å². The van der Waals surface area contributed by atoms with Gasteiger partial charge in [-0.1, -0.05) is 66.6 Å². The summed E-state index contributed by atoms with van der Waals surface area (Å²) < 4.78 is 1.02. The van der Waals surface area contributed by atoms with E-state index in [0.717, 1.165) is 21.7 Å². The van der Waals surface area contributed by atoms with E-state index < -0.39 is 0 Å². The first-order valence-corrected chi connectivity index (χ1v) is 7.60. The maximum atomic E-state index is 6.12. The van der Waals surface area contributed by atoms with Crippen molar-refractivity contribution in [1.82, 2.24) is 0 Å². The fourth-order valence-corrected chi connectivity index (χ4v) is 2.50. The van der Waals surface area contributed by atoms with Crippen LogP contribution >= 0.6 is 27.5 Å². The van der Waals surface area contributed by atoms with Gasteiger partial charge in [-0.05, 0) is 24.6 Å². The third-order valence-corrected chi connectivity index (χ3v) is 3.58. The Morgan fingerprint density at radius 3 is 2.53 bits per heavy atom. The lowest BCUT2D eigenvalue weighted by Crippen LogP contribution is -2.01.